The summed E-state index contributed by atoms with van der Waals surface area (Å²) in [4.78, 5) is 11.0. The van der Waals surface area contributed by atoms with Crippen LogP contribution >= 0.6 is 0 Å². The molecule has 1 aromatic heterocycles. The van der Waals surface area contributed by atoms with E-state index in [1.54, 1.807) is 20.3 Å². The van der Waals surface area contributed by atoms with Crippen molar-refractivity contribution in [3.8, 4) is 11.8 Å². The van der Waals surface area contributed by atoms with E-state index in [4.69, 9.17) is 15.2 Å². The number of aromatic nitrogens is 2. The molecule has 2 N–H and O–H groups in total. The summed E-state index contributed by atoms with van der Waals surface area (Å²) in [5.41, 5.74) is 5.57. The zero-order valence-corrected chi connectivity index (χ0v) is 10.9. The van der Waals surface area contributed by atoms with E-state index in [0.717, 1.165) is 13.0 Å². The van der Waals surface area contributed by atoms with Crippen LogP contribution in [-0.2, 0) is 0 Å². The first-order chi connectivity index (χ1) is 8.78. The summed E-state index contributed by atoms with van der Waals surface area (Å²) in [6, 6.07) is 2.21. The molecule has 0 atom stereocenters. The first-order valence-electron chi connectivity index (χ1n) is 6.22. The molecule has 0 radical (unpaired) electrons. The molecule has 1 saturated carbocycles. The summed E-state index contributed by atoms with van der Waals surface area (Å²) in [6.45, 7) is 1.54. The van der Waals surface area contributed by atoms with Crippen molar-refractivity contribution in [2.75, 3.05) is 32.2 Å². The SMILES string of the molecule is COc1cc(OC)nc(N(CCCN)C2CC2)n1. The summed E-state index contributed by atoms with van der Waals surface area (Å²) in [6.07, 6.45) is 3.31. The quantitative estimate of drug-likeness (QED) is 0.774. The Morgan fingerprint density at radius 1 is 1.28 bits per heavy atom. The first kappa shape index (κ1) is 12.9. The lowest BCUT2D eigenvalue weighted by Gasteiger charge is -2.22. The fourth-order valence-corrected chi connectivity index (χ4v) is 1.82. The molecule has 6 nitrogen and oxygen atoms in total. The van der Waals surface area contributed by atoms with Gasteiger partial charge in [-0.3, -0.25) is 0 Å². The number of rotatable bonds is 7. The zero-order valence-electron chi connectivity index (χ0n) is 10.9. The number of methoxy groups -OCH3 is 2. The Hall–Kier alpha value is -1.56. The molecule has 1 aliphatic rings. The van der Waals surface area contributed by atoms with Crippen LogP contribution in [0.5, 0.6) is 11.8 Å². The van der Waals surface area contributed by atoms with E-state index < -0.39 is 0 Å². The molecule has 0 saturated heterocycles. The average molecular weight is 252 g/mol. The maximum Gasteiger partial charge on any atom is 0.232 e. The van der Waals surface area contributed by atoms with Crippen molar-refractivity contribution in [1.82, 2.24) is 9.97 Å². The van der Waals surface area contributed by atoms with Crippen LogP contribution in [0.3, 0.4) is 0 Å². The van der Waals surface area contributed by atoms with E-state index in [-0.39, 0.29) is 0 Å². The van der Waals surface area contributed by atoms with Crippen molar-refractivity contribution in [3.63, 3.8) is 0 Å². The topological polar surface area (TPSA) is 73.5 Å². The Morgan fingerprint density at radius 3 is 2.33 bits per heavy atom. The normalized spacial score (nSPS) is 14.4. The lowest BCUT2D eigenvalue weighted by Crippen LogP contribution is -2.30. The second-order valence-electron chi connectivity index (χ2n) is 4.32. The largest absolute Gasteiger partial charge is 0.481 e. The molecule has 2 rings (SSSR count). The molecule has 0 aliphatic heterocycles. The Kier molecular flexibility index (Phi) is 4.19. The van der Waals surface area contributed by atoms with Gasteiger partial charge >= 0.3 is 0 Å². The fraction of sp³-hybridized carbons (Fsp3) is 0.667. The molecule has 18 heavy (non-hydrogen) atoms. The van der Waals surface area contributed by atoms with E-state index in [1.165, 1.54) is 12.8 Å². The minimum Gasteiger partial charge on any atom is -0.481 e. The van der Waals surface area contributed by atoms with Crippen molar-refractivity contribution < 1.29 is 9.47 Å². The van der Waals surface area contributed by atoms with Crippen LogP contribution in [0.15, 0.2) is 6.07 Å². The predicted molar refractivity (Wildman–Crippen MR) is 69.2 cm³/mol. The molecular formula is C12H20N4O2. The number of anilines is 1. The van der Waals surface area contributed by atoms with Crippen molar-refractivity contribution >= 4 is 5.95 Å². The van der Waals surface area contributed by atoms with Gasteiger partial charge in [0, 0.05) is 12.6 Å². The third-order valence-electron chi connectivity index (χ3n) is 2.93. The molecule has 0 spiro atoms. The van der Waals surface area contributed by atoms with Crippen molar-refractivity contribution in [2.24, 2.45) is 5.73 Å². The second-order valence-corrected chi connectivity index (χ2v) is 4.32. The summed E-state index contributed by atoms with van der Waals surface area (Å²) < 4.78 is 10.3. The minimum absolute atomic E-state index is 0.523. The molecule has 0 amide bonds. The van der Waals surface area contributed by atoms with Gasteiger partial charge < -0.3 is 20.1 Å². The zero-order chi connectivity index (χ0) is 13.0. The average Bonchev–Trinajstić information content (AvgIpc) is 3.23. The van der Waals surface area contributed by atoms with Gasteiger partial charge in [0.05, 0.1) is 20.3 Å². The van der Waals surface area contributed by atoms with Gasteiger partial charge in [-0.05, 0) is 25.8 Å². The lowest BCUT2D eigenvalue weighted by atomic mass is 10.4. The van der Waals surface area contributed by atoms with Crippen LogP contribution in [0.1, 0.15) is 19.3 Å². The molecule has 1 aliphatic carbocycles. The Balaban J connectivity index is 2.22. The highest BCUT2D eigenvalue weighted by Crippen LogP contribution is 2.31. The first-order valence-corrected chi connectivity index (χ1v) is 6.22. The van der Waals surface area contributed by atoms with Crippen molar-refractivity contribution in [1.29, 1.82) is 0 Å². The van der Waals surface area contributed by atoms with Gasteiger partial charge in [0.15, 0.2) is 0 Å². The summed E-state index contributed by atoms with van der Waals surface area (Å²) in [7, 11) is 3.18. The van der Waals surface area contributed by atoms with Gasteiger partial charge in [0.25, 0.3) is 0 Å². The van der Waals surface area contributed by atoms with Gasteiger partial charge in [-0.15, -0.1) is 0 Å². The fourth-order valence-electron chi connectivity index (χ4n) is 1.82. The number of nitrogens with two attached hydrogens (primary N) is 1. The van der Waals surface area contributed by atoms with Crippen LogP contribution in [0.2, 0.25) is 0 Å². The molecular weight excluding hydrogens is 232 g/mol. The summed E-state index contributed by atoms with van der Waals surface area (Å²) in [5.74, 6) is 1.72. The van der Waals surface area contributed by atoms with E-state index in [0.29, 0.717) is 30.3 Å². The number of hydrogen-bond acceptors (Lipinski definition) is 6. The summed E-state index contributed by atoms with van der Waals surface area (Å²) in [5, 5.41) is 0. The molecule has 1 fully saturated rings. The molecule has 100 valence electrons. The molecule has 0 bridgehead atoms. The third kappa shape index (κ3) is 3.01. The van der Waals surface area contributed by atoms with Crippen molar-refractivity contribution in [3.05, 3.63) is 6.07 Å². The Labute approximate surface area is 107 Å². The Bertz CT molecular complexity index is 373. The molecule has 1 aromatic rings. The lowest BCUT2D eigenvalue weighted by molar-refractivity contribution is 0.371. The van der Waals surface area contributed by atoms with Crippen LogP contribution in [-0.4, -0.2) is 43.3 Å². The maximum atomic E-state index is 5.57. The number of nitrogens with zero attached hydrogens (tertiary/aromatic N) is 3. The predicted octanol–water partition coefficient (Wildman–Crippen LogP) is 0.811. The number of hydrogen-bond donors (Lipinski definition) is 1. The highest BCUT2D eigenvalue weighted by atomic mass is 16.5. The smallest absolute Gasteiger partial charge is 0.232 e. The Morgan fingerprint density at radius 2 is 1.89 bits per heavy atom. The number of ether oxygens (including phenoxy) is 2. The van der Waals surface area contributed by atoms with Gasteiger partial charge in [0.1, 0.15) is 0 Å². The van der Waals surface area contributed by atoms with E-state index in [9.17, 15) is 0 Å². The molecule has 0 unspecified atom stereocenters. The van der Waals surface area contributed by atoms with E-state index >= 15 is 0 Å². The molecule has 6 heteroatoms. The minimum atomic E-state index is 0.523. The van der Waals surface area contributed by atoms with Gasteiger partial charge in [-0.2, -0.15) is 9.97 Å². The maximum absolute atomic E-state index is 5.57. The van der Waals surface area contributed by atoms with Gasteiger partial charge in [-0.1, -0.05) is 0 Å². The van der Waals surface area contributed by atoms with Gasteiger partial charge in [-0.25, -0.2) is 0 Å². The van der Waals surface area contributed by atoms with Crippen molar-refractivity contribution in [2.45, 2.75) is 25.3 Å². The highest BCUT2D eigenvalue weighted by molar-refractivity contribution is 5.39. The van der Waals surface area contributed by atoms with Crippen LogP contribution < -0.4 is 20.1 Å². The summed E-state index contributed by atoms with van der Waals surface area (Å²) >= 11 is 0. The van der Waals surface area contributed by atoms with Gasteiger partial charge in [0.2, 0.25) is 17.7 Å². The van der Waals surface area contributed by atoms with Crippen LogP contribution in [0.25, 0.3) is 0 Å². The van der Waals surface area contributed by atoms with E-state index in [2.05, 4.69) is 14.9 Å². The highest BCUT2D eigenvalue weighted by Gasteiger charge is 2.31. The molecule has 1 heterocycles. The standard InChI is InChI=1S/C12H20N4O2/c1-17-10-8-11(18-2)15-12(14-10)16(7-3-6-13)9-4-5-9/h8-9H,3-7,13H2,1-2H3. The van der Waals surface area contributed by atoms with Crippen LogP contribution in [0, 0.1) is 0 Å². The third-order valence-corrected chi connectivity index (χ3v) is 2.93. The second kappa shape index (κ2) is 5.86. The molecule has 0 aromatic carbocycles. The monoisotopic (exact) mass is 252 g/mol. The van der Waals surface area contributed by atoms with Crippen LogP contribution in [0.4, 0.5) is 5.95 Å². The van der Waals surface area contributed by atoms with E-state index in [1.807, 2.05) is 0 Å².